The molecular weight excluding hydrogens is 308 g/mol. The Morgan fingerprint density at radius 2 is 2.04 bits per heavy atom. The van der Waals surface area contributed by atoms with E-state index in [1.165, 1.54) is 18.6 Å². The Labute approximate surface area is 137 Å². The summed E-state index contributed by atoms with van der Waals surface area (Å²) < 4.78 is 5.13. The number of hydrogen-bond acceptors (Lipinski definition) is 5. The first-order valence-corrected chi connectivity index (χ1v) is 7.12. The van der Waals surface area contributed by atoms with Gasteiger partial charge in [0.2, 0.25) is 0 Å². The second-order valence-electron chi connectivity index (χ2n) is 4.94. The summed E-state index contributed by atoms with van der Waals surface area (Å²) >= 11 is 0. The molecule has 0 aliphatic carbocycles. The Morgan fingerprint density at radius 1 is 1.25 bits per heavy atom. The Morgan fingerprint density at radius 3 is 2.79 bits per heavy atom. The smallest absolute Gasteiger partial charge is 0.271 e. The van der Waals surface area contributed by atoms with E-state index in [1.807, 2.05) is 6.07 Å². The van der Waals surface area contributed by atoms with Crippen molar-refractivity contribution in [3.8, 4) is 5.75 Å². The number of aromatic nitrogens is 2. The molecule has 0 saturated heterocycles. The van der Waals surface area contributed by atoms with Crippen molar-refractivity contribution in [3.63, 3.8) is 0 Å². The molecule has 0 radical (unpaired) electrons. The summed E-state index contributed by atoms with van der Waals surface area (Å²) in [6.45, 7) is 0. The average molecular weight is 322 g/mol. The number of nitrogens with zero attached hydrogens (tertiary/aromatic N) is 2. The van der Waals surface area contributed by atoms with E-state index in [0.29, 0.717) is 22.4 Å². The van der Waals surface area contributed by atoms with Crippen LogP contribution >= 0.6 is 0 Å². The molecule has 0 unspecified atom stereocenters. The number of pyridine rings is 2. The molecule has 24 heavy (non-hydrogen) atoms. The van der Waals surface area contributed by atoms with Gasteiger partial charge in [0.25, 0.3) is 11.5 Å². The number of hydrazone groups is 1. The molecule has 0 saturated carbocycles. The first kappa shape index (κ1) is 15.4. The molecule has 0 spiro atoms. The fourth-order valence-corrected chi connectivity index (χ4v) is 2.15. The van der Waals surface area contributed by atoms with E-state index in [-0.39, 0.29) is 11.5 Å². The lowest BCUT2D eigenvalue weighted by Crippen LogP contribution is -2.19. The van der Waals surface area contributed by atoms with Gasteiger partial charge >= 0.3 is 0 Å². The van der Waals surface area contributed by atoms with Crippen LogP contribution < -0.4 is 15.7 Å². The van der Waals surface area contributed by atoms with Gasteiger partial charge in [-0.05, 0) is 35.7 Å². The molecule has 2 N–H and O–H groups in total. The molecule has 120 valence electrons. The monoisotopic (exact) mass is 322 g/mol. The van der Waals surface area contributed by atoms with Gasteiger partial charge in [0.05, 0.1) is 24.4 Å². The van der Waals surface area contributed by atoms with Gasteiger partial charge in [0.15, 0.2) is 0 Å². The van der Waals surface area contributed by atoms with Crippen LogP contribution in [0.2, 0.25) is 0 Å². The third kappa shape index (κ3) is 3.30. The Balaban J connectivity index is 1.81. The number of amides is 1. The van der Waals surface area contributed by atoms with Gasteiger partial charge in [-0.25, -0.2) is 5.43 Å². The van der Waals surface area contributed by atoms with Crippen LogP contribution in [-0.4, -0.2) is 29.2 Å². The zero-order valence-electron chi connectivity index (χ0n) is 12.8. The van der Waals surface area contributed by atoms with E-state index in [2.05, 4.69) is 20.5 Å². The van der Waals surface area contributed by atoms with Crippen molar-refractivity contribution >= 4 is 23.0 Å². The molecule has 0 atom stereocenters. The van der Waals surface area contributed by atoms with Crippen LogP contribution in [0.4, 0.5) is 0 Å². The van der Waals surface area contributed by atoms with E-state index < -0.39 is 0 Å². The topological polar surface area (TPSA) is 96.4 Å². The highest BCUT2D eigenvalue weighted by molar-refractivity contribution is 5.95. The highest BCUT2D eigenvalue weighted by Crippen LogP contribution is 2.18. The van der Waals surface area contributed by atoms with Crippen molar-refractivity contribution in [2.24, 2.45) is 5.10 Å². The summed E-state index contributed by atoms with van der Waals surface area (Å²) in [5.41, 5.74) is 3.50. The van der Waals surface area contributed by atoms with Gasteiger partial charge in [-0.15, -0.1) is 0 Å². The summed E-state index contributed by atoms with van der Waals surface area (Å²) in [5, 5.41) is 4.66. The van der Waals surface area contributed by atoms with Gasteiger partial charge in [-0.1, -0.05) is 0 Å². The van der Waals surface area contributed by atoms with Crippen LogP contribution in [0.5, 0.6) is 5.75 Å². The normalized spacial score (nSPS) is 10.9. The molecule has 0 bridgehead atoms. The van der Waals surface area contributed by atoms with Crippen molar-refractivity contribution in [2.45, 2.75) is 0 Å². The maximum Gasteiger partial charge on any atom is 0.271 e. The van der Waals surface area contributed by atoms with Gasteiger partial charge in [-0.3, -0.25) is 14.6 Å². The van der Waals surface area contributed by atoms with Gasteiger partial charge in [0.1, 0.15) is 5.75 Å². The standard InChI is InChI=1S/C17H14N4O3/c1-24-14-3-2-12-8-13(16(22)20-15(12)9-14)10-19-21-17(23)11-4-6-18-7-5-11/h2-10H,1H3,(H,20,22)(H,21,23). The molecule has 2 heterocycles. The lowest BCUT2D eigenvalue weighted by atomic mass is 10.1. The molecule has 0 aliphatic heterocycles. The minimum Gasteiger partial charge on any atom is -0.497 e. The number of fused-ring (bicyclic) bond motifs is 1. The molecule has 0 fully saturated rings. The van der Waals surface area contributed by atoms with Crippen LogP contribution in [0.25, 0.3) is 10.9 Å². The number of carbonyl (C=O) groups excluding carboxylic acids is 1. The average Bonchev–Trinajstić information content (AvgIpc) is 2.62. The zero-order chi connectivity index (χ0) is 16.9. The fraction of sp³-hybridized carbons (Fsp3) is 0.0588. The summed E-state index contributed by atoms with van der Waals surface area (Å²) in [6, 6.07) is 10.2. The predicted molar refractivity (Wildman–Crippen MR) is 90.4 cm³/mol. The first-order valence-electron chi connectivity index (χ1n) is 7.12. The Kier molecular flexibility index (Phi) is 4.33. The number of H-pyrrole nitrogens is 1. The number of hydrogen-bond donors (Lipinski definition) is 2. The fourth-order valence-electron chi connectivity index (χ4n) is 2.15. The highest BCUT2D eigenvalue weighted by atomic mass is 16.5. The molecule has 0 aliphatic rings. The summed E-state index contributed by atoms with van der Waals surface area (Å²) in [4.78, 5) is 30.5. The minimum absolute atomic E-state index is 0.308. The number of ether oxygens (including phenoxy) is 1. The number of carbonyl (C=O) groups is 1. The summed E-state index contributed by atoms with van der Waals surface area (Å²) in [6.07, 6.45) is 4.34. The van der Waals surface area contributed by atoms with E-state index in [9.17, 15) is 9.59 Å². The van der Waals surface area contributed by atoms with Crippen molar-refractivity contribution in [3.05, 3.63) is 70.3 Å². The van der Waals surface area contributed by atoms with Gasteiger partial charge < -0.3 is 9.72 Å². The largest absolute Gasteiger partial charge is 0.497 e. The van der Waals surface area contributed by atoms with Crippen molar-refractivity contribution < 1.29 is 9.53 Å². The van der Waals surface area contributed by atoms with Crippen LogP contribution in [0.15, 0.2) is 58.7 Å². The maximum absolute atomic E-state index is 12.1. The number of nitrogens with one attached hydrogen (secondary N) is 2. The Bertz CT molecular complexity index is 964. The van der Waals surface area contributed by atoms with Crippen LogP contribution in [0.1, 0.15) is 15.9 Å². The molecular formula is C17H14N4O3. The van der Waals surface area contributed by atoms with Crippen LogP contribution in [-0.2, 0) is 0 Å². The number of benzene rings is 1. The van der Waals surface area contributed by atoms with E-state index in [1.54, 1.807) is 37.4 Å². The van der Waals surface area contributed by atoms with E-state index >= 15 is 0 Å². The number of methoxy groups -OCH3 is 1. The third-order valence-electron chi connectivity index (χ3n) is 3.39. The molecule has 3 aromatic rings. The van der Waals surface area contributed by atoms with Crippen LogP contribution in [0, 0.1) is 0 Å². The SMILES string of the molecule is COc1ccc2cc(C=NNC(=O)c3ccncc3)c(=O)[nH]c2c1. The molecule has 2 aromatic heterocycles. The molecule has 1 aromatic carbocycles. The van der Waals surface area contributed by atoms with Crippen molar-refractivity contribution in [2.75, 3.05) is 7.11 Å². The predicted octanol–water partition coefficient (Wildman–Crippen LogP) is 1.70. The van der Waals surface area contributed by atoms with Crippen molar-refractivity contribution in [1.29, 1.82) is 0 Å². The van der Waals surface area contributed by atoms with Gasteiger partial charge in [-0.2, -0.15) is 5.10 Å². The maximum atomic E-state index is 12.1. The number of aromatic amines is 1. The molecule has 7 heteroatoms. The van der Waals surface area contributed by atoms with Crippen molar-refractivity contribution in [1.82, 2.24) is 15.4 Å². The quantitative estimate of drug-likeness (QED) is 0.564. The molecule has 1 amide bonds. The minimum atomic E-state index is -0.379. The first-order chi connectivity index (χ1) is 11.7. The third-order valence-corrected chi connectivity index (χ3v) is 3.39. The second-order valence-corrected chi connectivity index (χ2v) is 4.94. The molecule has 7 nitrogen and oxygen atoms in total. The van der Waals surface area contributed by atoms with E-state index in [0.717, 1.165) is 5.39 Å². The highest BCUT2D eigenvalue weighted by Gasteiger charge is 2.04. The summed E-state index contributed by atoms with van der Waals surface area (Å²) in [5.74, 6) is 0.278. The lowest BCUT2D eigenvalue weighted by molar-refractivity contribution is 0.0955. The summed E-state index contributed by atoms with van der Waals surface area (Å²) in [7, 11) is 1.56. The lowest BCUT2D eigenvalue weighted by Gasteiger charge is -2.03. The second kappa shape index (κ2) is 6.74. The van der Waals surface area contributed by atoms with Gasteiger partial charge in [0, 0.05) is 24.0 Å². The zero-order valence-corrected chi connectivity index (χ0v) is 12.8. The Hall–Kier alpha value is -3.48. The molecule has 3 rings (SSSR count). The van der Waals surface area contributed by atoms with Crippen LogP contribution in [0.3, 0.4) is 0 Å². The van der Waals surface area contributed by atoms with E-state index in [4.69, 9.17) is 4.74 Å². The number of rotatable bonds is 4.